The lowest BCUT2D eigenvalue weighted by Crippen LogP contribution is -2.36. The maximum Gasteiger partial charge on any atom is 0.405 e. The lowest BCUT2D eigenvalue weighted by Gasteiger charge is -2.11. The molecular formula is C21H18F3N5O2. The highest BCUT2D eigenvalue weighted by molar-refractivity contribution is 5.90. The summed E-state index contributed by atoms with van der Waals surface area (Å²) in [5.74, 6) is 1.26. The predicted molar refractivity (Wildman–Crippen MR) is 109 cm³/mol. The van der Waals surface area contributed by atoms with Gasteiger partial charge in [0, 0.05) is 29.9 Å². The Kier molecular flexibility index (Phi) is 5.14. The number of alkyl halides is 3. The van der Waals surface area contributed by atoms with Crippen LogP contribution in [0.4, 0.5) is 23.7 Å². The predicted octanol–water partition coefficient (Wildman–Crippen LogP) is 4.96. The minimum Gasteiger partial charge on any atom is -0.441 e. The summed E-state index contributed by atoms with van der Waals surface area (Å²) < 4.78 is 44.3. The summed E-state index contributed by atoms with van der Waals surface area (Å²) >= 11 is 0. The Balaban J connectivity index is 1.58. The van der Waals surface area contributed by atoms with Gasteiger partial charge in [-0.3, -0.25) is 4.40 Å². The Hall–Kier alpha value is -3.82. The molecular weight excluding hydrogens is 411 g/mol. The molecule has 0 aliphatic heterocycles. The van der Waals surface area contributed by atoms with Crippen LogP contribution in [0, 0.1) is 13.8 Å². The minimum atomic E-state index is -4.47. The molecule has 0 bridgehead atoms. The van der Waals surface area contributed by atoms with Gasteiger partial charge in [0.15, 0.2) is 11.7 Å². The first kappa shape index (κ1) is 20.5. The van der Waals surface area contributed by atoms with Crippen LogP contribution in [0.2, 0.25) is 0 Å². The van der Waals surface area contributed by atoms with Gasteiger partial charge in [0.1, 0.15) is 12.2 Å². The fourth-order valence-corrected chi connectivity index (χ4v) is 3.25. The highest BCUT2D eigenvalue weighted by atomic mass is 19.4. The molecule has 0 aliphatic rings. The normalized spacial score (nSPS) is 11.6. The van der Waals surface area contributed by atoms with Crippen molar-refractivity contribution in [2.24, 2.45) is 0 Å². The molecule has 0 atom stereocenters. The van der Waals surface area contributed by atoms with Crippen molar-refractivity contribution in [3.63, 3.8) is 0 Å². The molecule has 0 spiro atoms. The summed E-state index contributed by atoms with van der Waals surface area (Å²) in [5, 5.41) is 4.18. The molecule has 4 rings (SSSR count). The number of nitrogens with one attached hydrogen (secondary N) is 2. The summed E-state index contributed by atoms with van der Waals surface area (Å²) in [5.41, 5.74) is 4.17. The zero-order valence-corrected chi connectivity index (χ0v) is 16.6. The fourth-order valence-electron chi connectivity index (χ4n) is 3.25. The van der Waals surface area contributed by atoms with Gasteiger partial charge in [-0.25, -0.2) is 14.8 Å². The highest BCUT2D eigenvalue weighted by Gasteiger charge is 2.27. The second kappa shape index (κ2) is 7.78. The van der Waals surface area contributed by atoms with Crippen molar-refractivity contribution in [2.75, 3.05) is 11.9 Å². The number of imidazole rings is 1. The number of fused-ring (bicyclic) bond motifs is 1. The van der Waals surface area contributed by atoms with Crippen LogP contribution in [-0.2, 0) is 0 Å². The molecule has 0 saturated carbocycles. The quantitative estimate of drug-likeness (QED) is 0.480. The molecule has 2 amide bonds. The van der Waals surface area contributed by atoms with Crippen LogP contribution in [0.1, 0.15) is 11.6 Å². The van der Waals surface area contributed by atoms with E-state index in [1.54, 1.807) is 36.6 Å². The minimum absolute atomic E-state index is 0.358. The van der Waals surface area contributed by atoms with Gasteiger partial charge in [-0.05, 0) is 31.2 Å². The van der Waals surface area contributed by atoms with Crippen LogP contribution < -0.4 is 10.6 Å². The Morgan fingerprint density at radius 1 is 1.16 bits per heavy atom. The number of anilines is 1. The van der Waals surface area contributed by atoms with E-state index in [0.29, 0.717) is 23.0 Å². The summed E-state index contributed by atoms with van der Waals surface area (Å²) in [6, 6.07) is 9.60. The summed E-state index contributed by atoms with van der Waals surface area (Å²) in [6.07, 6.45) is -0.946. The third-order valence-corrected chi connectivity index (χ3v) is 4.54. The molecule has 3 aromatic heterocycles. The number of oxazole rings is 1. The van der Waals surface area contributed by atoms with Crippen molar-refractivity contribution >= 4 is 17.4 Å². The molecule has 0 radical (unpaired) electrons. The van der Waals surface area contributed by atoms with Crippen LogP contribution >= 0.6 is 0 Å². The van der Waals surface area contributed by atoms with E-state index < -0.39 is 18.8 Å². The van der Waals surface area contributed by atoms with Gasteiger partial charge in [-0.1, -0.05) is 12.1 Å². The number of urea groups is 1. The number of rotatable bonds is 4. The molecule has 0 unspecified atom stereocenters. The first-order valence-corrected chi connectivity index (χ1v) is 9.33. The summed E-state index contributed by atoms with van der Waals surface area (Å²) in [6.45, 7) is 2.25. The van der Waals surface area contributed by atoms with E-state index in [4.69, 9.17) is 4.42 Å². The summed E-state index contributed by atoms with van der Waals surface area (Å²) in [4.78, 5) is 20.4. The van der Waals surface area contributed by atoms with Crippen LogP contribution in [-0.4, -0.2) is 33.1 Å². The molecule has 0 fully saturated rings. The largest absolute Gasteiger partial charge is 0.441 e. The number of carbonyl (C=O) groups excluding carboxylic acids is 1. The topological polar surface area (TPSA) is 84.5 Å². The average molecular weight is 429 g/mol. The molecule has 3 heterocycles. The highest BCUT2D eigenvalue weighted by Crippen LogP contribution is 2.28. The number of amides is 2. The number of hydrogen-bond donors (Lipinski definition) is 2. The Labute approximate surface area is 174 Å². The number of carbonyl (C=O) groups is 1. The number of hydrogen-bond acceptors (Lipinski definition) is 4. The number of nitrogens with zero attached hydrogens (tertiary/aromatic N) is 3. The molecule has 0 aliphatic carbocycles. The van der Waals surface area contributed by atoms with Crippen LogP contribution in [0.25, 0.3) is 28.2 Å². The first-order valence-electron chi connectivity index (χ1n) is 9.33. The Morgan fingerprint density at radius 2 is 1.97 bits per heavy atom. The summed E-state index contributed by atoms with van der Waals surface area (Å²) in [7, 11) is 0. The van der Waals surface area contributed by atoms with Gasteiger partial charge in [0.05, 0.1) is 17.6 Å². The van der Waals surface area contributed by atoms with Crippen molar-refractivity contribution in [3.8, 4) is 22.6 Å². The number of aromatic nitrogens is 3. The average Bonchev–Trinajstić information content (AvgIpc) is 3.28. The van der Waals surface area contributed by atoms with E-state index in [9.17, 15) is 18.0 Å². The van der Waals surface area contributed by atoms with Crippen LogP contribution in [0.3, 0.4) is 0 Å². The van der Waals surface area contributed by atoms with E-state index in [2.05, 4.69) is 15.3 Å². The molecule has 2 N–H and O–H groups in total. The van der Waals surface area contributed by atoms with E-state index in [-0.39, 0.29) is 0 Å². The standard InChI is InChI=1S/C21H18F3N5O2/c1-12-19(31-13(2)27-12)15-6-7-29-17(10-25-18(29)9-15)14-4-3-5-16(8-14)28-20(30)26-11-21(22,23)24/h3-10H,11H2,1-2H3,(H2,26,28,30). The molecule has 31 heavy (non-hydrogen) atoms. The lowest BCUT2D eigenvalue weighted by atomic mass is 10.1. The smallest absolute Gasteiger partial charge is 0.405 e. The fraction of sp³-hybridized carbons (Fsp3) is 0.190. The molecule has 1 aromatic carbocycles. The van der Waals surface area contributed by atoms with Crippen molar-refractivity contribution in [1.82, 2.24) is 19.7 Å². The zero-order chi connectivity index (χ0) is 22.2. The van der Waals surface area contributed by atoms with Gasteiger partial charge in [-0.15, -0.1) is 0 Å². The second-order valence-electron chi connectivity index (χ2n) is 6.94. The molecule has 7 nitrogen and oxygen atoms in total. The molecule has 160 valence electrons. The van der Waals surface area contributed by atoms with E-state index in [0.717, 1.165) is 22.5 Å². The van der Waals surface area contributed by atoms with Gasteiger partial charge in [-0.2, -0.15) is 13.2 Å². The maximum absolute atomic E-state index is 12.3. The van der Waals surface area contributed by atoms with Crippen LogP contribution in [0.15, 0.2) is 53.2 Å². The SMILES string of the molecule is Cc1nc(C)c(-c2ccn3c(-c4cccc(NC(=O)NCC(F)(F)F)c4)cnc3c2)o1. The number of pyridine rings is 1. The number of benzene rings is 1. The third-order valence-electron chi connectivity index (χ3n) is 4.54. The van der Waals surface area contributed by atoms with Crippen molar-refractivity contribution in [2.45, 2.75) is 20.0 Å². The second-order valence-corrected chi connectivity index (χ2v) is 6.94. The van der Waals surface area contributed by atoms with E-state index in [1.165, 1.54) is 0 Å². The van der Waals surface area contributed by atoms with Gasteiger partial charge in [0.2, 0.25) is 0 Å². The Bertz CT molecular complexity index is 1260. The van der Waals surface area contributed by atoms with Crippen LogP contribution in [0.5, 0.6) is 0 Å². The van der Waals surface area contributed by atoms with Gasteiger partial charge in [0.25, 0.3) is 0 Å². The molecule has 10 heteroatoms. The Morgan fingerprint density at radius 3 is 2.68 bits per heavy atom. The number of halogens is 3. The lowest BCUT2D eigenvalue weighted by molar-refractivity contribution is -0.122. The van der Waals surface area contributed by atoms with Crippen molar-refractivity contribution in [1.29, 1.82) is 0 Å². The van der Waals surface area contributed by atoms with Crippen molar-refractivity contribution < 1.29 is 22.4 Å². The molecule has 4 aromatic rings. The first-order chi connectivity index (χ1) is 14.7. The zero-order valence-electron chi connectivity index (χ0n) is 16.6. The van der Waals surface area contributed by atoms with Gasteiger partial charge < -0.3 is 15.1 Å². The van der Waals surface area contributed by atoms with E-state index in [1.807, 2.05) is 35.7 Å². The number of aryl methyl sites for hydroxylation is 2. The van der Waals surface area contributed by atoms with Crippen molar-refractivity contribution in [3.05, 3.63) is 60.4 Å². The van der Waals surface area contributed by atoms with Gasteiger partial charge >= 0.3 is 12.2 Å². The molecule has 0 saturated heterocycles. The third kappa shape index (κ3) is 4.52. The van der Waals surface area contributed by atoms with E-state index >= 15 is 0 Å². The maximum atomic E-state index is 12.3. The monoisotopic (exact) mass is 429 g/mol.